The van der Waals surface area contributed by atoms with Gasteiger partial charge in [-0.15, -0.1) is 0 Å². The van der Waals surface area contributed by atoms with E-state index < -0.39 is 0 Å². The molecule has 3 nitrogen and oxygen atoms in total. The number of nitrogens with zero attached hydrogens (tertiary/aromatic N) is 2. The molecule has 0 aromatic rings. The number of hydrogen-bond donors (Lipinski definition) is 0. The van der Waals surface area contributed by atoms with E-state index in [1.165, 1.54) is 0 Å². The lowest BCUT2D eigenvalue weighted by Crippen LogP contribution is -2.24. The Hall–Kier alpha value is -0.570. The molecule has 0 N–H and O–H groups in total. The van der Waals surface area contributed by atoms with Crippen LogP contribution in [0.4, 0.5) is 0 Å². The summed E-state index contributed by atoms with van der Waals surface area (Å²) in [5.74, 6) is 0. The normalized spacial score (nSPS) is 38.2. The molecule has 56 valence electrons. The molecule has 2 aliphatic heterocycles. The van der Waals surface area contributed by atoms with Crippen LogP contribution in [-0.2, 0) is 4.74 Å². The van der Waals surface area contributed by atoms with Gasteiger partial charge >= 0.3 is 0 Å². The molecule has 10 heavy (non-hydrogen) atoms. The predicted octanol–water partition coefficient (Wildman–Crippen LogP) is 0.465. The van der Waals surface area contributed by atoms with Crippen molar-refractivity contribution >= 4 is 6.72 Å². The van der Waals surface area contributed by atoms with Gasteiger partial charge in [-0.25, -0.2) is 0 Å². The van der Waals surface area contributed by atoms with Crippen LogP contribution in [0.5, 0.6) is 0 Å². The molecule has 0 radical (unpaired) electrons. The first-order valence-electron chi connectivity index (χ1n) is 3.75. The molecule has 2 unspecified atom stereocenters. The number of hydrogen-bond acceptors (Lipinski definition) is 3. The van der Waals surface area contributed by atoms with Crippen molar-refractivity contribution in [2.24, 2.45) is 5.10 Å². The van der Waals surface area contributed by atoms with Gasteiger partial charge in [0, 0.05) is 13.3 Å². The van der Waals surface area contributed by atoms with E-state index in [9.17, 15) is 0 Å². The lowest BCUT2D eigenvalue weighted by Gasteiger charge is -2.20. The molecule has 3 heteroatoms. The molecule has 2 heterocycles. The van der Waals surface area contributed by atoms with Crippen LogP contribution in [-0.4, -0.2) is 37.0 Å². The van der Waals surface area contributed by atoms with Crippen molar-refractivity contribution in [1.29, 1.82) is 0 Å². The average Bonchev–Trinajstić information content (AvgIpc) is 2.26. The highest BCUT2D eigenvalue weighted by Crippen LogP contribution is 2.27. The monoisotopic (exact) mass is 140 g/mol. The van der Waals surface area contributed by atoms with Gasteiger partial charge in [-0.3, -0.25) is 5.01 Å². The van der Waals surface area contributed by atoms with Gasteiger partial charge in [-0.1, -0.05) is 0 Å². The van der Waals surface area contributed by atoms with E-state index in [-0.39, 0.29) is 0 Å². The fourth-order valence-corrected chi connectivity index (χ4v) is 1.79. The third kappa shape index (κ3) is 0.814. The van der Waals surface area contributed by atoms with Crippen molar-refractivity contribution in [2.45, 2.75) is 25.0 Å². The Morgan fingerprint density at radius 2 is 2.50 bits per heavy atom. The van der Waals surface area contributed by atoms with Gasteiger partial charge in [-0.2, -0.15) is 5.10 Å². The molecule has 2 fully saturated rings. The Bertz CT molecular complexity index is 149. The average molecular weight is 140 g/mol. The SMILES string of the molecule is C=NN1CC2CC1CCO2. The second-order valence-corrected chi connectivity index (χ2v) is 2.93. The van der Waals surface area contributed by atoms with Gasteiger partial charge in [0.05, 0.1) is 18.7 Å². The number of ether oxygens (including phenoxy) is 1. The summed E-state index contributed by atoms with van der Waals surface area (Å²) in [6.45, 7) is 5.38. The molecule has 0 aromatic heterocycles. The van der Waals surface area contributed by atoms with Crippen molar-refractivity contribution in [3.63, 3.8) is 0 Å². The summed E-state index contributed by atoms with van der Waals surface area (Å²) in [5, 5.41) is 5.99. The summed E-state index contributed by atoms with van der Waals surface area (Å²) in [5.41, 5.74) is 0. The Morgan fingerprint density at radius 1 is 1.60 bits per heavy atom. The van der Waals surface area contributed by atoms with E-state index >= 15 is 0 Å². The standard InChI is InChI=1S/C7H12N2O/c1-8-9-5-7-4-6(9)2-3-10-7/h6-7H,1-5H2. The largest absolute Gasteiger partial charge is 0.376 e. The summed E-state index contributed by atoms with van der Waals surface area (Å²) < 4.78 is 5.47. The number of rotatable bonds is 1. The summed E-state index contributed by atoms with van der Waals surface area (Å²) in [6, 6.07) is 0.622. The van der Waals surface area contributed by atoms with Crippen molar-refractivity contribution in [1.82, 2.24) is 5.01 Å². The van der Waals surface area contributed by atoms with E-state index in [1.807, 2.05) is 0 Å². The maximum Gasteiger partial charge on any atom is 0.0787 e. The highest BCUT2D eigenvalue weighted by Gasteiger charge is 2.34. The van der Waals surface area contributed by atoms with Crippen molar-refractivity contribution in [3.05, 3.63) is 0 Å². The molecule has 2 aliphatic rings. The molecule has 0 aromatic carbocycles. The third-order valence-electron chi connectivity index (χ3n) is 2.33. The lowest BCUT2D eigenvalue weighted by atomic mass is 10.1. The molecule has 2 bridgehead atoms. The van der Waals surface area contributed by atoms with Crippen LogP contribution in [0.1, 0.15) is 12.8 Å². The van der Waals surface area contributed by atoms with Gasteiger partial charge in [0.15, 0.2) is 0 Å². The van der Waals surface area contributed by atoms with E-state index in [2.05, 4.69) is 16.8 Å². The van der Waals surface area contributed by atoms with Gasteiger partial charge in [0.2, 0.25) is 0 Å². The summed E-state index contributed by atoms with van der Waals surface area (Å²) in [7, 11) is 0. The van der Waals surface area contributed by atoms with E-state index in [0.717, 1.165) is 26.0 Å². The molecule has 0 aliphatic carbocycles. The zero-order valence-electron chi connectivity index (χ0n) is 5.99. The minimum absolute atomic E-state index is 0.434. The Morgan fingerprint density at radius 3 is 3.20 bits per heavy atom. The van der Waals surface area contributed by atoms with Crippen molar-refractivity contribution in [3.8, 4) is 0 Å². The van der Waals surface area contributed by atoms with Crippen LogP contribution >= 0.6 is 0 Å². The first-order chi connectivity index (χ1) is 4.90. The molecule has 2 saturated heterocycles. The predicted molar refractivity (Wildman–Crippen MR) is 39.0 cm³/mol. The fraction of sp³-hybridized carbons (Fsp3) is 0.857. The zero-order valence-corrected chi connectivity index (χ0v) is 5.99. The van der Waals surface area contributed by atoms with E-state index in [1.54, 1.807) is 0 Å². The van der Waals surface area contributed by atoms with Gasteiger partial charge in [0.1, 0.15) is 0 Å². The minimum Gasteiger partial charge on any atom is -0.376 e. The van der Waals surface area contributed by atoms with Crippen LogP contribution in [0, 0.1) is 0 Å². The Labute approximate surface area is 60.7 Å². The topological polar surface area (TPSA) is 24.8 Å². The highest BCUT2D eigenvalue weighted by atomic mass is 16.5. The Balaban J connectivity index is 2.07. The maximum atomic E-state index is 5.47. The molecule has 0 amide bonds. The van der Waals surface area contributed by atoms with Crippen molar-refractivity contribution in [2.75, 3.05) is 13.2 Å². The van der Waals surface area contributed by atoms with Crippen LogP contribution in [0.15, 0.2) is 5.10 Å². The van der Waals surface area contributed by atoms with Crippen LogP contribution < -0.4 is 0 Å². The smallest absolute Gasteiger partial charge is 0.0787 e. The van der Waals surface area contributed by atoms with Gasteiger partial charge < -0.3 is 4.74 Å². The summed E-state index contributed by atoms with van der Waals surface area (Å²) in [4.78, 5) is 0. The summed E-state index contributed by atoms with van der Waals surface area (Å²) in [6.07, 6.45) is 2.71. The Kier molecular flexibility index (Phi) is 1.38. The molecule has 0 saturated carbocycles. The molecule has 0 spiro atoms. The van der Waals surface area contributed by atoms with E-state index in [4.69, 9.17) is 4.74 Å². The second-order valence-electron chi connectivity index (χ2n) is 2.93. The number of hydrazone groups is 1. The molecule has 2 rings (SSSR count). The van der Waals surface area contributed by atoms with Gasteiger partial charge in [0.25, 0.3) is 0 Å². The van der Waals surface area contributed by atoms with Crippen molar-refractivity contribution < 1.29 is 4.74 Å². The molecular formula is C7H12N2O. The zero-order chi connectivity index (χ0) is 6.97. The van der Waals surface area contributed by atoms with Crippen LogP contribution in [0.3, 0.4) is 0 Å². The first kappa shape index (κ1) is 6.16. The first-order valence-corrected chi connectivity index (χ1v) is 3.75. The summed E-state index contributed by atoms with van der Waals surface area (Å²) >= 11 is 0. The number of fused-ring (bicyclic) bond motifs is 2. The second kappa shape index (κ2) is 2.23. The fourth-order valence-electron chi connectivity index (χ4n) is 1.79. The minimum atomic E-state index is 0.434. The molecule has 2 atom stereocenters. The van der Waals surface area contributed by atoms with Gasteiger partial charge in [-0.05, 0) is 12.8 Å². The maximum absolute atomic E-state index is 5.47. The van der Waals surface area contributed by atoms with E-state index in [0.29, 0.717) is 12.1 Å². The third-order valence-corrected chi connectivity index (χ3v) is 2.33. The highest BCUT2D eigenvalue weighted by molar-refractivity contribution is 5.22. The quantitative estimate of drug-likeness (QED) is 0.494. The van der Waals surface area contributed by atoms with Crippen LogP contribution in [0.2, 0.25) is 0 Å². The van der Waals surface area contributed by atoms with Crippen LogP contribution in [0.25, 0.3) is 0 Å². The lowest BCUT2D eigenvalue weighted by molar-refractivity contribution is 0.0419. The molecular weight excluding hydrogens is 128 g/mol.